The van der Waals surface area contributed by atoms with Gasteiger partial charge in [0.1, 0.15) is 6.04 Å². The summed E-state index contributed by atoms with van der Waals surface area (Å²) in [6.07, 6.45) is 3.64. The van der Waals surface area contributed by atoms with Crippen molar-refractivity contribution in [3.05, 3.63) is 40.9 Å². The molecule has 3 heteroatoms. The highest BCUT2D eigenvalue weighted by Gasteiger charge is 2.42. The zero-order valence-electron chi connectivity index (χ0n) is 10.2. The highest BCUT2D eigenvalue weighted by molar-refractivity contribution is 6.52. The first kappa shape index (κ1) is 11.9. The Morgan fingerprint density at radius 2 is 1.72 bits per heavy atom. The predicted octanol–water partition coefficient (Wildman–Crippen LogP) is 3.07. The molecule has 3 rings (SSSR count). The fourth-order valence-electron chi connectivity index (χ4n) is 2.85. The van der Waals surface area contributed by atoms with E-state index in [1.54, 1.807) is 0 Å². The average molecular weight is 262 g/mol. The van der Waals surface area contributed by atoms with E-state index in [0.29, 0.717) is 5.03 Å². The van der Waals surface area contributed by atoms with Crippen LogP contribution in [0.5, 0.6) is 0 Å². The number of carbonyl (C=O) groups excluding carboxylic acids is 1. The molecule has 0 spiro atoms. The molecule has 0 saturated carbocycles. The van der Waals surface area contributed by atoms with Crippen LogP contribution < -0.4 is 0 Å². The van der Waals surface area contributed by atoms with Crippen LogP contribution in [-0.2, 0) is 4.79 Å². The lowest BCUT2D eigenvalue weighted by atomic mass is 9.83. The van der Waals surface area contributed by atoms with Crippen molar-refractivity contribution in [2.75, 3.05) is 13.1 Å². The van der Waals surface area contributed by atoms with E-state index >= 15 is 0 Å². The van der Waals surface area contributed by atoms with E-state index in [2.05, 4.69) is 4.90 Å². The summed E-state index contributed by atoms with van der Waals surface area (Å²) in [5, 5.41) is 0.428. The maximum atomic E-state index is 12.0. The van der Waals surface area contributed by atoms with Crippen LogP contribution in [0.25, 0.3) is 5.57 Å². The number of carbonyl (C=O) groups is 1. The molecule has 2 aliphatic rings. The smallest absolute Gasteiger partial charge is 0.196 e. The van der Waals surface area contributed by atoms with E-state index in [-0.39, 0.29) is 11.8 Å². The second kappa shape index (κ2) is 4.87. The number of hydrogen-bond acceptors (Lipinski definition) is 2. The minimum atomic E-state index is -0.0970. The lowest BCUT2D eigenvalue weighted by Gasteiger charge is -2.40. The van der Waals surface area contributed by atoms with Crippen LogP contribution in [0.3, 0.4) is 0 Å². The Morgan fingerprint density at radius 3 is 2.39 bits per heavy atom. The van der Waals surface area contributed by atoms with E-state index in [1.165, 1.54) is 19.3 Å². The molecule has 1 aromatic rings. The summed E-state index contributed by atoms with van der Waals surface area (Å²) >= 11 is 6.12. The third-order valence-electron chi connectivity index (χ3n) is 3.82. The van der Waals surface area contributed by atoms with Crippen LogP contribution in [0.2, 0.25) is 0 Å². The molecule has 1 heterocycles. The second-order valence-electron chi connectivity index (χ2n) is 4.96. The van der Waals surface area contributed by atoms with E-state index in [9.17, 15) is 4.79 Å². The van der Waals surface area contributed by atoms with Crippen LogP contribution in [-0.4, -0.2) is 29.8 Å². The number of Topliss-reactive ketones (excluding diaryl/α,β-unsaturated/α-hetero) is 1. The Balaban J connectivity index is 1.90. The molecule has 1 aliphatic heterocycles. The quantitative estimate of drug-likeness (QED) is 0.816. The Morgan fingerprint density at radius 1 is 1.06 bits per heavy atom. The van der Waals surface area contributed by atoms with Gasteiger partial charge in [0.2, 0.25) is 0 Å². The standard InChI is InChI=1S/C15H16ClNO/c16-13-12(11-7-3-1-4-8-11)14(15(13)18)17-9-5-2-6-10-17/h1,3-4,7-8,14H,2,5-6,9-10H2. The van der Waals surface area contributed by atoms with Crippen molar-refractivity contribution in [3.8, 4) is 0 Å². The van der Waals surface area contributed by atoms with Gasteiger partial charge >= 0.3 is 0 Å². The summed E-state index contributed by atoms with van der Waals surface area (Å²) in [6, 6.07) is 9.92. The second-order valence-corrected chi connectivity index (χ2v) is 5.34. The van der Waals surface area contributed by atoms with Gasteiger partial charge in [-0.15, -0.1) is 0 Å². The van der Waals surface area contributed by atoms with E-state index in [0.717, 1.165) is 24.2 Å². The van der Waals surface area contributed by atoms with Crippen molar-refractivity contribution in [1.82, 2.24) is 4.90 Å². The third-order valence-corrected chi connectivity index (χ3v) is 4.21. The molecule has 2 nitrogen and oxygen atoms in total. The maximum Gasteiger partial charge on any atom is 0.196 e. The number of nitrogens with zero attached hydrogens (tertiary/aromatic N) is 1. The molecule has 94 valence electrons. The number of hydrogen-bond donors (Lipinski definition) is 0. The number of halogens is 1. The molecule has 1 fully saturated rings. The van der Waals surface area contributed by atoms with Crippen molar-refractivity contribution in [3.63, 3.8) is 0 Å². The van der Waals surface area contributed by atoms with Crippen LogP contribution in [0.15, 0.2) is 35.4 Å². The average Bonchev–Trinajstić information content (AvgIpc) is 2.45. The number of piperidine rings is 1. The minimum absolute atomic E-state index is 0.0948. The van der Waals surface area contributed by atoms with Crippen molar-refractivity contribution < 1.29 is 4.79 Å². The van der Waals surface area contributed by atoms with Gasteiger partial charge in [-0.1, -0.05) is 48.4 Å². The lowest BCUT2D eigenvalue weighted by Crippen LogP contribution is -2.50. The molecule has 1 saturated heterocycles. The van der Waals surface area contributed by atoms with E-state index < -0.39 is 0 Å². The zero-order chi connectivity index (χ0) is 12.5. The van der Waals surface area contributed by atoms with Crippen molar-refractivity contribution >= 4 is 23.0 Å². The maximum absolute atomic E-state index is 12.0. The van der Waals surface area contributed by atoms with Gasteiger partial charge in [0.25, 0.3) is 0 Å². The molecule has 0 N–H and O–H groups in total. The van der Waals surface area contributed by atoms with Crippen molar-refractivity contribution in [2.24, 2.45) is 0 Å². The van der Waals surface area contributed by atoms with Gasteiger partial charge in [-0.3, -0.25) is 9.69 Å². The Bertz CT molecular complexity index is 488. The molecular formula is C15H16ClNO. The third kappa shape index (κ3) is 1.90. The molecule has 1 aromatic carbocycles. The first-order chi connectivity index (χ1) is 8.79. The first-order valence-corrected chi connectivity index (χ1v) is 6.90. The lowest BCUT2D eigenvalue weighted by molar-refractivity contribution is -0.120. The number of likely N-dealkylation sites (tertiary alicyclic amines) is 1. The summed E-state index contributed by atoms with van der Waals surface area (Å²) in [5.74, 6) is 0.0948. The van der Waals surface area contributed by atoms with Crippen LogP contribution in [0.1, 0.15) is 24.8 Å². The Labute approximate surface area is 112 Å². The molecule has 0 aromatic heterocycles. The molecule has 1 unspecified atom stereocenters. The van der Waals surface area contributed by atoms with Gasteiger partial charge in [-0.05, 0) is 31.5 Å². The molecule has 1 aliphatic carbocycles. The van der Waals surface area contributed by atoms with Gasteiger partial charge in [-0.25, -0.2) is 0 Å². The van der Waals surface area contributed by atoms with Gasteiger partial charge in [0.05, 0.1) is 5.03 Å². The number of benzene rings is 1. The van der Waals surface area contributed by atoms with Gasteiger partial charge in [0, 0.05) is 5.57 Å². The summed E-state index contributed by atoms with van der Waals surface area (Å²) in [5.41, 5.74) is 2.10. The van der Waals surface area contributed by atoms with Gasteiger partial charge < -0.3 is 0 Å². The van der Waals surface area contributed by atoms with Crippen LogP contribution in [0, 0.1) is 0 Å². The molecule has 18 heavy (non-hydrogen) atoms. The number of rotatable bonds is 2. The minimum Gasteiger partial charge on any atom is -0.291 e. The van der Waals surface area contributed by atoms with Crippen molar-refractivity contribution in [2.45, 2.75) is 25.3 Å². The summed E-state index contributed by atoms with van der Waals surface area (Å²) in [4.78, 5) is 14.3. The molecule has 0 amide bonds. The molecule has 1 atom stereocenters. The molecule has 0 bridgehead atoms. The highest BCUT2D eigenvalue weighted by Crippen LogP contribution is 2.39. The van der Waals surface area contributed by atoms with E-state index in [4.69, 9.17) is 11.6 Å². The number of ketones is 1. The SMILES string of the molecule is O=C1C(Cl)=C(c2ccccc2)C1N1CCCCC1. The first-order valence-electron chi connectivity index (χ1n) is 6.52. The topological polar surface area (TPSA) is 20.3 Å². The zero-order valence-corrected chi connectivity index (χ0v) is 11.0. The summed E-state index contributed by atoms with van der Waals surface area (Å²) < 4.78 is 0. The van der Waals surface area contributed by atoms with Crippen molar-refractivity contribution in [1.29, 1.82) is 0 Å². The largest absolute Gasteiger partial charge is 0.291 e. The predicted molar refractivity (Wildman–Crippen MR) is 73.4 cm³/mol. The molecular weight excluding hydrogens is 246 g/mol. The van der Waals surface area contributed by atoms with Gasteiger partial charge in [0.15, 0.2) is 5.78 Å². The van der Waals surface area contributed by atoms with Crippen LogP contribution >= 0.6 is 11.6 Å². The van der Waals surface area contributed by atoms with Gasteiger partial charge in [-0.2, -0.15) is 0 Å². The monoisotopic (exact) mass is 261 g/mol. The van der Waals surface area contributed by atoms with E-state index in [1.807, 2.05) is 30.3 Å². The fraction of sp³-hybridized carbons (Fsp3) is 0.400. The summed E-state index contributed by atoms with van der Waals surface area (Å²) in [6.45, 7) is 2.02. The Hall–Kier alpha value is -1.12. The summed E-state index contributed by atoms with van der Waals surface area (Å²) in [7, 11) is 0. The molecule has 0 radical (unpaired) electrons. The fourth-order valence-corrected chi connectivity index (χ4v) is 3.17. The van der Waals surface area contributed by atoms with Crippen LogP contribution in [0.4, 0.5) is 0 Å². The highest BCUT2D eigenvalue weighted by atomic mass is 35.5. The normalized spacial score (nSPS) is 25.2. The Kier molecular flexibility index (Phi) is 3.23.